The van der Waals surface area contributed by atoms with Crippen LogP contribution in [0.1, 0.15) is 399 Å². The lowest BCUT2D eigenvalue weighted by molar-refractivity contribution is -0.870. The van der Waals surface area contributed by atoms with Crippen LogP contribution in [0.15, 0.2) is 134 Å². The van der Waals surface area contributed by atoms with E-state index >= 15 is 0 Å². The van der Waals surface area contributed by atoms with E-state index in [9.17, 15) is 19.5 Å². The number of unbranched alkanes of at least 4 members (excludes halogenated alkanes) is 45. The molecular formula is C96H167NO8. The number of aliphatic carboxylic acids is 1. The Morgan fingerprint density at radius 3 is 0.810 bits per heavy atom. The summed E-state index contributed by atoms with van der Waals surface area (Å²) >= 11 is 0. The molecule has 0 bridgehead atoms. The minimum Gasteiger partial charge on any atom is -0.545 e. The Hall–Kier alpha value is -4.57. The summed E-state index contributed by atoms with van der Waals surface area (Å²) in [6, 6.07) is 0. The average Bonchev–Trinajstić information content (AvgIpc) is 1.18. The van der Waals surface area contributed by atoms with Crippen LogP contribution in [0.25, 0.3) is 0 Å². The van der Waals surface area contributed by atoms with Gasteiger partial charge in [0, 0.05) is 12.8 Å². The maximum atomic E-state index is 13.0. The molecule has 0 saturated heterocycles. The Bertz CT molecular complexity index is 2200. The molecule has 0 saturated carbocycles. The van der Waals surface area contributed by atoms with Crippen LogP contribution in [0.5, 0.6) is 0 Å². The van der Waals surface area contributed by atoms with Gasteiger partial charge in [0.2, 0.25) is 0 Å². The highest BCUT2D eigenvalue weighted by Crippen LogP contribution is 2.19. The highest BCUT2D eigenvalue weighted by atomic mass is 16.7. The van der Waals surface area contributed by atoms with Gasteiger partial charge in [0.1, 0.15) is 13.2 Å². The van der Waals surface area contributed by atoms with Crippen molar-refractivity contribution in [3.05, 3.63) is 134 Å². The van der Waals surface area contributed by atoms with Gasteiger partial charge in [0.05, 0.1) is 40.3 Å². The number of hydrogen-bond donors (Lipinski definition) is 0. The Balaban J connectivity index is 3.97. The van der Waals surface area contributed by atoms with Crippen LogP contribution in [0, 0.1) is 0 Å². The molecule has 0 aliphatic carbocycles. The van der Waals surface area contributed by atoms with Gasteiger partial charge in [-0.05, 0) is 116 Å². The number of carbonyl (C=O) groups excluding carboxylic acids is 3. The SMILES string of the molecule is CC/C=C\C/C=C\C/C=C\C/C=C\C/C=C\C/C=C\C/C=C\C/C=C\CCCCCCCCCCCCCCCCCCC(=O)OC(COC(=O)CCCCCCCCCCCCCCCCCCCCCCCCCC/C=C\C/C=C\C/C=C\CCCCCCC)COC(OCC[N+](C)(C)C)C(=O)[O-]. The molecule has 0 spiro atoms. The van der Waals surface area contributed by atoms with Gasteiger partial charge in [0.25, 0.3) is 0 Å². The topological polar surface area (TPSA) is 111 Å². The molecule has 0 amide bonds. The molecule has 9 nitrogen and oxygen atoms in total. The number of likely N-dealkylation sites (N-methyl/N-ethyl adjacent to an activating group) is 1. The van der Waals surface area contributed by atoms with Gasteiger partial charge < -0.3 is 33.3 Å². The highest BCUT2D eigenvalue weighted by molar-refractivity contribution is 5.70. The molecule has 0 aliphatic heterocycles. The number of hydrogen-bond acceptors (Lipinski definition) is 8. The second-order valence-corrected chi connectivity index (χ2v) is 30.8. The Morgan fingerprint density at radius 2 is 0.543 bits per heavy atom. The molecule has 0 rings (SSSR count). The van der Waals surface area contributed by atoms with Crippen molar-refractivity contribution in [3.8, 4) is 0 Å². The fourth-order valence-corrected chi connectivity index (χ4v) is 12.7. The number of carbonyl (C=O) groups is 3. The number of nitrogens with zero attached hydrogens (tertiary/aromatic N) is 1. The van der Waals surface area contributed by atoms with E-state index in [4.69, 9.17) is 18.9 Å². The van der Waals surface area contributed by atoms with Crippen LogP contribution in [0.2, 0.25) is 0 Å². The molecule has 0 aromatic heterocycles. The summed E-state index contributed by atoms with van der Waals surface area (Å²) in [6.07, 6.45) is 120. The first-order chi connectivity index (χ1) is 51.6. The number of quaternary nitrogens is 1. The number of allylic oxidation sites excluding steroid dienone is 22. The summed E-state index contributed by atoms with van der Waals surface area (Å²) in [6.45, 7) is 4.67. The molecule has 105 heavy (non-hydrogen) atoms. The van der Waals surface area contributed by atoms with E-state index in [0.29, 0.717) is 23.9 Å². The van der Waals surface area contributed by atoms with Gasteiger partial charge in [-0.1, -0.05) is 404 Å². The zero-order chi connectivity index (χ0) is 76.0. The predicted octanol–water partition coefficient (Wildman–Crippen LogP) is 27.8. The van der Waals surface area contributed by atoms with Crippen LogP contribution in [-0.4, -0.2) is 82.3 Å². The van der Waals surface area contributed by atoms with Crippen molar-refractivity contribution < 1.29 is 42.9 Å². The monoisotopic (exact) mass is 1460 g/mol. The smallest absolute Gasteiger partial charge is 0.306 e. The molecule has 2 atom stereocenters. The molecule has 0 aromatic carbocycles. The second-order valence-electron chi connectivity index (χ2n) is 30.8. The largest absolute Gasteiger partial charge is 0.545 e. The summed E-state index contributed by atoms with van der Waals surface area (Å²) in [7, 11) is 5.95. The van der Waals surface area contributed by atoms with Crippen molar-refractivity contribution in [3.63, 3.8) is 0 Å². The highest BCUT2D eigenvalue weighted by Gasteiger charge is 2.22. The number of carboxylic acids is 1. The molecule has 604 valence electrons. The zero-order valence-electron chi connectivity index (χ0n) is 69.3. The van der Waals surface area contributed by atoms with E-state index in [-0.39, 0.29) is 32.2 Å². The lowest BCUT2D eigenvalue weighted by Gasteiger charge is -2.26. The molecule has 0 radical (unpaired) electrons. The average molecular weight is 1460 g/mol. The standard InChI is InChI=1S/C96H167NO8/c1-6-8-10-12-14-16-18-20-22-24-26-28-30-32-34-36-38-40-42-44-46-47-49-51-53-55-57-59-61-63-65-67-69-71-73-75-77-79-81-83-85-87-94(99)105-92(91-104-96(95(100)101)102-89-88-97(3,4)5)90-103-93(98)86-84-82-80-78-76-74-72-70-68-66-64-62-60-58-56-54-52-50-48-45-43-41-39-37-35-33-31-29-27-25-23-21-19-17-15-13-11-9-7-2/h8,10,14,16,19-22,25-28,31-34,38,40,44,46,49,51,92,96H,6-7,9,11-13,15,17-18,23-24,29-30,35-37,39,41-43,45,47-48,50,52-91H2,1-5H3/b10-8-,16-14-,21-19-,22-20-,27-25-,28-26-,33-31-,34-32-,40-38-,46-44-,51-49-. The Kier molecular flexibility index (Phi) is 81.3. The van der Waals surface area contributed by atoms with Crippen molar-refractivity contribution in [1.29, 1.82) is 0 Å². The van der Waals surface area contributed by atoms with Gasteiger partial charge in [-0.15, -0.1) is 0 Å². The lowest BCUT2D eigenvalue weighted by Crippen LogP contribution is -2.44. The van der Waals surface area contributed by atoms with E-state index in [2.05, 4.69) is 148 Å². The van der Waals surface area contributed by atoms with E-state index in [1.165, 1.54) is 263 Å². The number of carboxylic acid groups (broad SMARTS) is 1. The number of esters is 2. The second kappa shape index (κ2) is 85.0. The summed E-state index contributed by atoms with van der Waals surface area (Å²) in [4.78, 5) is 37.7. The van der Waals surface area contributed by atoms with Gasteiger partial charge in [0.15, 0.2) is 12.4 Å². The molecule has 9 heteroatoms. The molecule has 0 aromatic rings. The first-order valence-corrected chi connectivity index (χ1v) is 44.3. The van der Waals surface area contributed by atoms with Gasteiger partial charge >= 0.3 is 11.9 Å². The molecule has 2 unspecified atom stereocenters. The van der Waals surface area contributed by atoms with Crippen LogP contribution in [-0.2, 0) is 33.3 Å². The third-order valence-electron chi connectivity index (χ3n) is 19.4. The first-order valence-electron chi connectivity index (χ1n) is 44.3. The van der Waals surface area contributed by atoms with Crippen molar-refractivity contribution in [2.45, 2.75) is 411 Å². The maximum absolute atomic E-state index is 13.0. The van der Waals surface area contributed by atoms with Crippen LogP contribution in [0.3, 0.4) is 0 Å². The summed E-state index contributed by atoms with van der Waals surface area (Å²) < 4.78 is 22.9. The summed E-state index contributed by atoms with van der Waals surface area (Å²) in [5.74, 6) is -2.26. The van der Waals surface area contributed by atoms with Crippen LogP contribution in [0.4, 0.5) is 0 Å². The zero-order valence-corrected chi connectivity index (χ0v) is 69.3. The Morgan fingerprint density at radius 1 is 0.295 bits per heavy atom. The van der Waals surface area contributed by atoms with Crippen molar-refractivity contribution in [2.75, 3.05) is 47.5 Å². The fraction of sp³-hybridized carbons (Fsp3) is 0.740. The molecule has 0 heterocycles. The van der Waals surface area contributed by atoms with E-state index in [1.807, 2.05) is 21.1 Å². The molecule has 0 fully saturated rings. The normalized spacial score (nSPS) is 13.3. The minimum atomic E-state index is -1.63. The van der Waals surface area contributed by atoms with Gasteiger partial charge in [-0.3, -0.25) is 9.59 Å². The van der Waals surface area contributed by atoms with Crippen molar-refractivity contribution in [1.82, 2.24) is 0 Å². The van der Waals surface area contributed by atoms with Crippen LogP contribution >= 0.6 is 0 Å². The van der Waals surface area contributed by atoms with Crippen molar-refractivity contribution >= 4 is 17.9 Å². The third-order valence-corrected chi connectivity index (χ3v) is 19.4. The first kappa shape index (κ1) is 100. The van der Waals surface area contributed by atoms with Crippen LogP contribution < -0.4 is 5.11 Å². The Labute approximate surface area is 650 Å². The third kappa shape index (κ3) is 86.5. The molecule has 0 aliphatic rings. The van der Waals surface area contributed by atoms with Crippen molar-refractivity contribution in [2.24, 2.45) is 0 Å². The number of ether oxygens (including phenoxy) is 4. The fourth-order valence-electron chi connectivity index (χ4n) is 12.7. The van der Waals surface area contributed by atoms with E-state index in [1.54, 1.807) is 0 Å². The maximum Gasteiger partial charge on any atom is 0.306 e. The summed E-state index contributed by atoms with van der Waals surface area (Å²) in [5.41, 5.74) is 0. The van der Waals surface area contributed by atoms with Gasteiger partial charge in [-0.25, -0.2) is 0 Å². The van der Waals surface area contributed by atoms with E-state index in [0.717, 1.165) is 103 Å². The van der Waals surface area contributed by atoms with E-state index < -0.39 is 24.3 Å². The predicted molar refractivity (Wildman–Crippen MR) is 453 cm³/mol. The lowest BCUT2D eigenvalue weighted by atomic mass is 10.0. The quantitative estimate of drug-likeness (QED) is 0.0195. The molecular weight excluding hydrogens is 1300 g/mol. The van der Waals surface area contributed by atoms with Gasteiger partial charge in [-0.2, -0.15) is 0 Å². The summed E-state index contributed by atoms with van der Waals surface area (Å²) in [5, 5.41) is 11.9. The number of rotatable bonds is 82. The minimum absolute atomic E-state index is 0.146. The molecule has 0 N–H and O–H groups in total.